The molecule has 0 aliphatic carbocycles. The highest BCUT2D eigenvalue weighted by Gasteiger charge is 2.09. The Morgan fingerprint density at radius 2 is 2.06 bits per heavy atom. The summed E-state index contributed by atoms with van der Waals surface area (Å²) in [6, 6.07) is 9.88. The molecule has 0 radical (unpaired) electrons. The monoisotopic (exact) mass is 442 g/mol. The summed E-state index contributed by atoms with van der Waals surface area (Å²) < 4.78 is 11.3. The molecule has 0 aliphatic heterocycles. The highest BCUT2D eigenvalue weighted by atomic mass is 32.2. The summed E-state index contributed by atoms with van der Waals surface area (Å²) in [4.78, 5) is 24.0. The fourth-order valence-electron chi connectivity index (χ4n) is 2.96. The summed E-state index contributed by atoms with van der Waals surface area (Å²) in [5.41, 5.74) is 4.00. The first-order valence-corrected chi connectivity index (χ1v) is 11.6. The van der Waals surface area contributed by atoms with E-state index in [1.54, 1.807) is 18.0 Å². The van der Waals surface area contributed by atoms with Crippen molar-refractivity contribution in [3.05, 3.63) is 47.8 Å². The standard InChI is InChI=1S/C23H30N4O3S/c1-3-4-11-25-22(28)15-29-13-7-14-30-21-10-12-24-20(17(21)2)16-31-23-26-18-8-5-6-9-19(18)27-23/h5-6,8-10,12H,3-4,7,11,13-16H2,1-2H3,(H,25,28)(H,26,27). The van der Waals surface area contributed by atoms with E-state index in [2.05, 4.69) is 27.2 Å². The second-order valence-electron chi connectivity index (χ2n) is 7.19. The van der Waals surface area contributed by atoms with Crippen molar-refractivity contribution in [2.24, 2.45) is 0 Å². The zero-order valence-electron chi connectivity index (χ0n) is 18.1. The van der Waals surface area contributed by atoms with Crippen LogP contribution in [-0.2, 0) is 15.3 Å². The predicted octanol–water partition coefficient (Wildman–Crippen LogP) is 4.26. The lowest BCUT2D eigenvalue weighted by molar-refractivity contribution is -0.125. The van der Waals surface area contributed by atoms with Crippen LogP contribution in [0.2, 0.25) is 0 Å². The molecule has 8 heteroatoms. The number of benzene rings is 1. The Bertz CT molecular complexity index is 943. The van der Waals surface area contributed by atoms with E-state index in [9.17, 15) is 4.79 Å². The van der Waals surface area contributed by atoms with Gasteiger partial charge >= 0.3 is 0 Å². The number of aromatic amines is 1. The summed E-state index contributed by atoms with van der Waals surface area (Å²) >= 11 is 1.62. The number of ether oxygens (including phenoxy) is 2. The van der Waals surface area contributed by atoms with Gasteiger partial charge in [-0.15, -0.1) is 0 Å². The number of para-hydroxylation sites is 2. The summed E-state index contributed by atoms with van der Waals surface area (Å²) in [5.74, 6) is 1.47. The van der Waals surface area contributed by atoms with Gasteiger partial charge < -0.3 is 19.8 Å². The Hall–Kier alpha value is -2.58. The third-order valence-electron chi connectivity index (χ3n) is 4.75. The highest BCUT2D eigenvalue weighted by Crippen LogP contribution is 2.27. The lowest BCUT2D eigenvalue weighted by Gasteiger charge is -2.12. The zero-order chi connectivity index (χ0) is 21.9. The van der Waals surface area contributed by atoms with E-state index < -0.39 is 0 Å². The van der Waals surface area contributed by atoms with E-state index in [4.69, 9.17) is 9.47 Å². The van der Waals surface area contributed by atoms with E-state index in [0.717, 1.165) is 46.0 Å². The molecule has 0 bridgehead atoms. The maximum absolute atomic E-state index is 11.6. The maximum Gasteiger partial charge on any atom is 0.245 e. The molecule has 0 saturated carbocycles. The molecule has 166 valence electrons. The van der Waals surface area contributed by atoms with Crippen molar-refractivity contribution >= 4 is 28.7 Å². The van der Waals surface area contributed by atoms with Gasteiger partial charge in [-0.05, 0) is 31.5 Å². The van der Waals surface area contributed by atoms with Crippen LogP contribution in [0.25, 0.3) is 11.0 Å². The number of hydrogen-bond acceptors (Lipinski definition) is 6. The number of amides is 1. The molecule has 0 aliphatic rings. The Morgan fingerprint density at radius 1 is 1.19 bits per heavy atom. The van der Waals surface area contributed by atoms with Crippen LogP contribution in [0.4, 0.5) is 0 Å². The number of fused-ring (bicyclic) bond motifs is 1. The topological polar surface area (TPSA) is 89.1 Å². The van der Waals surface area contributed by atoms with Crippen molar-refractivity contribution in [3.63, 3.8) is 0 Å². The first-order chi connectivity index (χ1) is 15.2. The van der Waals surface area contributed by atoms with Gasteiger partial charge in [-0.3, -0.25) is 9.78 Å². The number of carbonyl (C=O) groups is 1. The normalized spacial score (nSPS) is 11.0. The van der Waals surface area contributed by atoms with Crippen LogP contribution >= 0.6 is 11.8 Å². The lowest BCUT2D eigenvalue weighted by atomic mass is 10.2. The van der Waals surface area contributed by atoms with Crippen LogP contribution in [0.1, 0.15) is 37.4 Å². The van der Waals surface area contributed by atoms with E-state index in [0.29, 0.717) is 31.9 Å². The van der Waals surface area contributed by atoms with Crippen LogP contribution in [0.5, 0.6) is 5.75 Å². The highest BCUT2D eigenvalue weighted by molar-refractivity contribution is 7.98. The van der Waals surface area contributed by atoms with Crippen LogP contribution in [0.3, 0.4) is 0 Å². The minimum Gasteiger partial charge on any atom is -0.493 e. The number of imidazole rings is 1. The van der Waals surface area contributed by atoms with Crippen molar-refractivity contribution in [3.8, 4) is 5.75 Å². The second-order valence-corrected chi connectivity index (χ2v) is 8.15. The van der Waals surface area contributed by atoms with Crippen molar-refractivity contribution in [2.45, 2.75) is 44.0 Å². The summed E-state index contributed by atoms with van der Waals surface area (Å²) in [5, 5.41) is 3.71. The van der Waals surface area contributed by atoms with Crippen molar-refractivity contribution in [2.75, 3.05) is 26.4 Å². The fourth-order valence-corrected chi connectivity index (χ4v) is 3.87. The molecule has 1 amide bonds. The van der Waals surface area contributed by atoms with Crippen molar-refractivity contribution in [1.29, 1.82) is 0 Å². The molecule has 0 spiro atoms. The molecule has 2 aromatic heterocycles. The predicted molar refractivity (Wildman–Crippen MR) is 123 cm³/mol. The first kappa shape index (κ1) is 23.1. The van der Waals surface area contributed by atoms with Crippen LogP contribution in [0.15, 0.2) is 41.7 Å². The number of carbonyl (C=O) groups excluding carboxylic acids is 1. The van der Waals surface area contributed by atoms with E-state index in [1.165, 1.54) is 0 Å². The number of nitrogens with one attached hydrogen (secondary N) is 2. The third-order valence-corrected chi connectivity index (χ3v) is 5.63. The Kier molecular flexibility index (Phi) is 9.17. The van der Waals surface area contributed by atoms with E-state index in [1.807, 2.05) is 37.3 Å². The molecule has 2 heterocycles. The number of thioether (sulfide) groups is 1. The summed E-state index contributed by atoms with van der Waals surface area (Å²) in [6.45, 7) is 5.93. The first-order valence-electron chi connectivity index (χ1n) is 10.7. The number of rotatable bonds is 13. The minimum absolute atomic E-state index is 0.0639. The Balaban J connectivity index is 1.39. The molecule has 7 nitrogen and oxygen atoms in total. The van der Waals surface area contributed by atoms with Crippen molar-refractivity contribution < 1.29 is 14.3 Å². The number of H-pyrrole nitrogens is 1. The average Bonchev–Trinajstić information content (AvgIpc) is 3.19. The Labute approximate surface area is 187 Å². The van der Waals surface area contributed by atoms with Gasteiger partial charge in [-0.2, -0.15) is 0 Å². The largest absolute Gasteiger partial charge is 0.493 e. The smallest absolute Gasteiger partial charge is 0.245 e. The van der Waals surface area contributed by atoms with Gasteiger partial charge in [0.1, 0.15) is 12.4 Å². The molecule has 2 N–H and O–H groups in total. The number of aromatic nitrogens is 3. The molecule has 3 aromatic rings. The maximum atomic E-state index is 11.6. The van der Waals surface area contributed by atoms with Gasteiger partial charge in [-0.1, -0.05) is 37.2 Å². The van der Waals surface area contributed by atoms with Gasteiger partial charge in [-0.25, -0.2) is 4.98 Å². The van der Waals surface area contributed by atoms with Crippen LogP contribution in [0, 0.1) is 6.92 Å². The lowest BCUT2D eigenvalue weighted by Crippen LogP contribution is -2.28. The molecule has 0 unspecified atom stereocenters. The van der Waals surface area contributed by atoms with Crippen LogP contribution < -0.4 is 10.1 Å². The molecular formula is C23H30N4O3S. The van der Waals surface area contributed by atoms with E-state index >= 15 is 0 Å². The van der Waals surface area contributed by atoms with E-state index in [-0.39, 0.29) is 12.5 Å². The average molecular weight is 443 g/mol. The van der Waals surface area contributed by atoms with Crippen LogP contribution in [-0.4, -0.2) is 47.2 Å². The number of nitrogens with zero attached hydrogens (tertiary/aromatic N) is 2. The fraction of sp³-hybridized carbons (Fsp3) is 0.435. The molecule has 3 rings (SSSR count). The zero-order valence-corrected chi connectivity index (χ0v) is 19.0. The number of hydrogen-bond donors (Lipinski definition) is 2. The molecule has 0 atom stereocenters. The van der Waals surface area contributed by atoms with Gasteiger partial charge in [0.05, 0.1) is 29.9 Å². The summed E-state index contributed by atoms with van der Waals surface area (Å²) in [6.07, 6.45) is 4.54. The number of unbranched alkanes of at least 4 members (excludes halogenated alkanes) is 1. The van der Waals surface area contributed by atoms with Gasteiger partial charge in [0.25, 0.3) is 0 Å². The molecule has 0 fully saturated rings. The summed E-state index contributed by atoms with van der Waals surface area (Å²) in [7, 11) is 0. The van der Waals surface area contributed by atoms with Gasteiger partial charge in [0.15, 0.2) is 5.16 Å². The van der Waals surface area contributed by atoms with Gasteiger partial charge in [0.2, 0.25) is 5.91 Å². The Morgan fingerprint density at radius 3 is 2.90 bits per heavy atom. The quantitative estimate of drug-likeness (QED) is 0.304. The van der Waals surface area contributed by atoms with Crippen molar-refractivity contribution in [1.82, 2.24) is 20.3 Å². The van der Waals surface area contributed by atoms with Gasteiger partial charge in [0, 0.05) is 30.5 Å². The molecular weight excluding hydrogens is 412 g/mol. The second kappa shape index (κ2) is 12.3. The molecule has 0 saturated heterocycles. The molecule has 31 heavy (non-hydrogen) atoms. The minimum atomic E-state index is -0.0639. The third kappa shape index (κ3) is 7.25. The SMILES string of the molecule is CCCCNC(=O)COCCCOc1ccnc(CSc2nc3ccccc3[nH]2)c1C. The molecule has 1 aromatic carbocycles. The number of pyridine rings is 1.